The zero-order valence-corrected chi connectivity index (χ0v) is 10.7. The molecule has 2 fully saturated rings. The van der Waals surface area contributed by atoms with E-state index in [1.54, 1.807) is 0 Å². The van der Waals surface area contributed by atoms with Crippen LogP contribution in [0.1, 0.15) is 18.4 Å². The zero-order chi connectivity index (χ0) is 12.3. The van der Waals surface area contributed by atoms with Crippen molar-refractivity contribution in [2.24, 2.45) is 0 Å². The Morgan fingerprint density at radius 3 is 3.00 bits per heavy atom. The molecule has 0 unspecified atom stereocenters. The molecule has 2 aliphatic heterocycles. The maximum absolute atomic E-state index is 5.79. The summed E-state index contributed by atoms with van der Waals surface area (Å²) in [5, 5.41) is 0. The zero-order valence-electron chi connectivity index (χ0n) is 10.7. The van der Waals surface area contributed by atoms with Gasteiger partial charge in [-0.1, -0.05) is 6.07 Å². The third-order valence-corrected chi connectivity index (χ3v) is 3.75. The van der Waals surface area contributed by atoms with Crippen LogP contribution in [0.15, 0.2) is 24.5 Å². The molecule has 4 heteroatoms. The van der Waals surface area contributed by atoms with Crippen molar-refractivity contribution >= 4 is 0 Å². The first-order valence-corrected chi connectivity index (χ1v) is 6.76. The van der Waals surface area contributed by atoms with Crippen molar-refractivity contribution in [3.8, 4) is 0 Å². The van der Waals surface area contributed by atoms with Crippen LogP contribution in [0.5, 0.6) is 0 Å². The molecule has 98 valence electrons. The van der Waals surface area contributed by atoms with Crippen LogP contribution in [0, 0.1) is 0 Å². The van der Waals surface area contributed by atoms with Gasteiger partial charge in [-0.25, -0.2) is 0 Å². The molecule has 0 bridgehead atoms. The summed E-state index contributed by atoms with van der Waals surface area (Å²) in [7, 11) is 0. The van der Waals surface area contributed by atoms with Gasteiger partial charge in [-0.3, -0.25) is 9.88 Å². The second kappa shape index (κ2) is 5.34. The number of ether oxygens (including phenoxy) is 2. The molecule has 1 spiro atoms. The highest BCUT2D eigenvalue weighted by molar-refractivity contribution is 5.08. The van der Waals surface area contributed by atoms with Crippen LogP contribution in [0.4, 0.5) is 0 Å². The average Bonchev–Trinajstić information content (AvgIpc) is 2.86. The van der Waals surface area contributed by atoms with Gasteiger partial charge in [-0.2, -0.15) is 0 Å². The fourth-order valence-electron chi connectivity index (χ4n) is 2.83. The third-order valence-electron chi connectivity index (χ3n) is 3.75. The second-order valence-corrected chi connectivity index (χ2v) is 5.10. The molecular weight excluding hydrogens is 228 g/mol. The van der Waals surface area contributed by atoms with Crippen molar-refractivity contribution < 1.29 is 9.47 Å². The maximum atomic E-state index is 5.79. The molecule has 0 amide bonds. The normalized spacial score (nSPS) is 23.6. The molecule has 0 aliphatic carbocycles. The Balaban J connectivity index is 1.54. The van der Waals surface area contributed by atoms with Gasteiger partial charge >= 0.3 is 0 Å². The highest BCUT2D eigenvalue weighted by Gasteiger charge is 2.40. The maximum Gasteiger partial charge on any atom is 0.181 e. The second-order valence-electron chi connectivity index (χ2n) is 5.10. The lowest BCUT2D eigenvalue weighted by Crippen LogP contribution is -2.49. The van der Waals surface area contributed by atoms with Crippen LogP contribution >= 0.6 is 0 Å². The molecule has 1 aromatic heterocycles. The molecule has 18 heavy (non-hydrogen) atoms. The summed E-state index contributed by atoms with van der Waals surface area (Å²) >= 11 is 0. The van der Waals surface area contributed by atoms with E-state index in [1.165, 1.54) is 5.56 Å². The van der Waals surface area contributed by atoms with Crippen molar-refractivity contribution in [2.45, 2.75) is 25.0 Å². The van der Waals surface area contributed by atoms with Gasteiger partial charge < -0.3 is 9.47 Å². The SMILES string of the molecule is c1cncc(CCN2CCCC3(C2)OCCO3)c1. The Hall–Kier alpha value is -0.970. The molecule has 1 aromatic rings. The predicted molar refractivity (Wildman–Crippen MR) is 68.3 cm³/mol. The molecule has 0 atom stereocenters. The Kier molecular flexibility index (Phi) is 3.59. The number of nitrogens with zero attached hydrogens (tertiary/aromatic N) is 2. The minimum atomic E-state index is -0.298. The molecule has 2 saturated heterocycles. The largest absolute Gasteiger partial charge is 0.346 e. The van der Waals surface area contributed by atoms with E-state index in [0.29, 0.717) is 0 Å². The van der Waals surface area contributed by atoms with Crippen molar-refractivity contribution in [1.29, 1.82) is 0 Å². The van der Waals surface area contributed by atoms with E-state index >= 15 is 0 Å². The standard InChI is InChI=1S/C14H20N2O2/c1-3-13(11-15-6-1)4-8-16-7-2-5-14(12-16)17-9-10-18-14/h1,3,6,11H,2,4-5,7-10,12H2. The van der Waals surface area contributed by atoms with Crippen molar-refractivity contribution in [2.75, 3.05) is 32.8 Å². The lowest BCUT2D eigenvalue weighted by atomic mass is 10.0. The predicted octanol–water partition coefficient (Wildman–Crippen LogP) is 1.46. The molecular formula is C14H20N2O2. The molecule has 0 saturated carbocycles. The summed E-state index contributed by atoms with van der Waals surface area (Å²) in [6.45, 7) is 4.61. The van der Waals surface area contributed by atoms with Gasteiger partial charge in [-0.05, 0) is 31.0 Å². The van der Waals surface area contributed by atoms with E-state index < -0.39 is 0 Å². The van der Waals surface area contributed by atoms with E-state index in [-0.39, 0.29) is 5.79 Å². The molecule has 3 rings (SSSR count). The van der Waals surface area contributed by atoms with Crippen molar-refractivity contribution in [3.05, 3.63) is 30.1 Å². The summed E-state index contributed by atoms with van der Waals surface area (Å²) in [5.74, 6) is -0.298. The van der Waals surface area contributed by atoms with E-state index in [1.807, 2.05) is 18.5 Å². The first-order valence-electron chi connectivity index (χ1n) is 6.76. The highest BCUT2D eigenvalue weighted by Crippen LogP contribution is 2.29. The van der Waals surface area contributed by atoms with Crippen LogP contribution in [0.25, 0.3) is 0 Å². The first-order chi connectivity index (χ1) is 8.86. The smallest absolute Gasteiger partial charge is 0.181 e. The van der Waals surface area contributed by atoms with Gasteiger partial charge in [0.1, 0.15) is 0 Å². The van der Waals surface area contributed by atoms with Crippen LogP contribution < -0.4 is 0 Å². The Labute approximate surface area is 108 Å². The van der Waals surface area contributed by atoms with Gasteiger partial charge in [0, 0.05) is 25.4 Å². The number of aromatic nitrogens is 1. The molecule has 2 aliphatic rings. The average molecular weight is 248 g/mol. The number of rotatable bonds is 3. The topological polar surface area (TPSA) is 34.6 Å². The van der Waals surface area contributed by atoms with Gasteiger partial charge in [0.25, 0.3) is 0 Å². The number of piperidine rings is 1. The number of likely N-dealkylation sites (tertiary alicyclic amines) is 1. The fraction of sp³-hybridized carbons (Fsp3) is 0.643. The fourth-order valence-corrected chi connectivity index (χ4v) is 2.83. The van der Waals surface area contributed by atoms with Gasteiger partial charge in [0.2, 0.25) is 0 Å². The molecule has 4 nitrogen and oxygen atoms in total. The minimum Gasteiger partial charge on any atom is -0.346 e. The summed E-state index contributed by atoms with van der Waals surface area (Å²) in [4.78, 5) is 6.60. The van der Waals surface area contributed by atoms with Gasteiger partial charge in [0.15, 0.2) is 5.79 Å². The van der Waals surface area contributed by atoms with Gasteiger partial charge in [-0.15, -0.1) is 0 Å². The monoisotopic (exact) mass is 248 g/mol. The third kappa shape index (κ3) is 2.71. The van der Waals surface area contributed by atoms with E-state index in [0.717, 1.165) is 52.1 Å². The van der Waals surface area contributed by atoms with E-state index in [9.17, 15) is 0 Å². The van der Waals surface area contributed by atoms with Crippen LogP contribution in [-0.4, -0.2) is 48.5 Å². The van der Waals surface area contributed by atoms with Crippen LogP contribution in [-0.2, 0) is 15.9 Å². The number of hydrogen-bond acceptors (Lipinski definition) is 4. The minimum absolute atomic E-state index is 0.298. The first kappa shape index (κ1) is 12.1. The lowest BCUT2D eigenvalue weighted by Gasteiger charge is -2.38. The Morgan fingerprint density at radius 2 is 2.22 bits per heavy atom. The van der Waals surface area contributed by atoms with E-state index in [4.69, 9.17) is 9.47 Å². The summed E-state index contributed by atoms with van der Waals surface area (Å²) < 4.78 is 11.6. The van der Waals surface area contributed by atoms with Gasteiger partial charge in [0.05, 0.1) is 19.8 Å². The van der Waals surface area contributed by atoms with Crippen molar-refractivity contribution in [1.82, 2.24) is 9.88 Å². The number of pyridine rings is 1. The molecule has 0 radical (unpaired) electrons. The summed E-state index contributed by atoms with van der Waals surface area (Å²) in [6.07, 6.45) is 7.01. The molecule has 0 aromatic carbocycles. The lowest BCUT2D eigenvalue weighted by molar-refractivity contribution is -0.189. The van der Waals surface area contributed by atoms with Crippen LogP contribution in [0.2, 0.25) is 0 Å². The Bertz CT molecular complexity index is 377. The highest BCUT2D eigenvalue weighted by atomic mass is 16.7. The molecule has 0 N–H and O–H groups in total. The quantitative estimate of drug-likeness (QED) is 0.811. The molecule has 3 heterocycles. The summed E-state index contributed by atoms with van der Waals surface area (Å²) in [5.41, 5.74) is 1.30. The summed E-state index contributed by atoms with van der Waals surface area (Å²) in [6, 6.07) is 4.13. The number of hydrogen-bond donors (Lipinski definition) is 0. The van der Waals surface area contributed by atoms with Crippen molar-refractivity contribution in [3.63, 3.8) is 0 Å². The van der Waals surface area contributed by atoms with Crippen LogP contribution in [0.3, 0.4) is 0 Å². The van der Waals surface area contributed by atoms with E-state index in [2.05, 4.69) is 16.0 Å². The Morgan fingerprint density at radius 1 is 1.33 bits per heavy atom.